The van der Waals surface area contributed by atoms with Gasteiger partial charge in [0.25, 0.3) is 5.56 Å². The second-order valence-electron chi connectivity index (χ2n) is 5.22. The maximum Gasteiger partial charge on any atom is 0.469 e. The number of nitrogens with zero attached hydrogens (tertiary/aromatic N) is 1. The minimum Gasteiger partial charge on any atom is -0.387 e. The number of aliphatic hydroxyl groups excluding tert-OH is 2. The molecule has 1 unspecified atom stereocenters. The van der Waals surface area contributed by atoms with Crippen molar-refractivity contribution in [3.63, 3.8) is 0 Å². The van der Waals surface area contributed by atoms with Crippen LogP contribution >= 0.6 is 7.82 Å². The smallest absolute Gasteiger partial charge is 0.387 e. The summed E-state index contributed by atoms with van der Waals surface area (Å²) in [4.78, 5) is 43.2. The zero-order valence-corrected chi connectivity index (χ0v) is 13.1. The van der Waals surface area contributed by atoms with Gasteiger partial charge in [0.05, 0.1) is 11.7 Å². The van der Waals surface area contributed by atoms with Gasteiger partial charge in [-0.1, -0.05) is 0 Å². The maximum atomic E-state index is 12.0. The van der Waals surface area contributed by atoms with E-state index in [0.717, 1.165) is 10.8 Å². The van der Waals surface area contributed by atoms with Gasteiger partial charge in [0.15, 0.2) is 0 Å². The summed E-state index contributed by atoms with van der Waals surface area (Å²) in [5.74, 6) is 0. The highest BCUT2D eigenvalue weighted by atomic mass is 31.2. The molecule has 23 heavy (non-hydrogen) atoms. The topological polar surface area (TPSA) is 171 Å². The molecule has 5 N–H and O–H groups in total. The molecular formula is C11H17N2O9P. The van der Waals surface area contributed by atoms with Crippen LogP contribution in [0.25, 0.3) is 0 Å². The number of aromatic amines is 1. The molecule has 2 heterocycles. The number of rotatable bonds is 4. The summed E-state index contributed by atoms with van der Waals surface area (Å²) in [5.41, 5.74) is -1.50. The van der Waals surface area contributed by atoms with Crippen LogP contribution < -0.4 is 11.2 Å². The van der Waals surface area contributed by atoms with E-state index in [4.69, 9.17) is 14.5 Å². The van der Waals surface area contributed by atoms with Gasteiger partial charge in [-0.3, -0.25) is 13.9 Å². The monoisotopic (exact) mass is 352 g/mol. The van der Waals surface area contributed by atoms with Gasteiger partial charge in [-0.2, -0.15) is 0 Å². The molecule has 130 valence electrons. The molecule has 5 atom stereocenters. The van der Waals surface area contributed by atoms with Gasteiger partial charge < -0.3 is 29.7 Å². The summed E-state index contributed by atoms with van der Waals surface area (Å²) >= 11 is 0. The second kappa shape index (κ2) is 6.29. The van der Waals surface area contributed by atoms with Crippen LogP contribution in [-0.2, 0) is 20.9 Å². The van der Waals surface area contributed by atoms with Crippen LogP contribution in [0.15, 0.2) is 15.8 Å². The fourth-order valence-electron chi connectivity index (χ4n) is 2.41. The van der Waals surface area contributed by atoms with Crippen molar-refractivity contribution in [3.05, 3.63) is 32.6 Å². The van der Waals surface area contributed by atoms with Gasteiger partial charge >= 0.3 is 13.5 Å². The van der Waals surface area contributed by atoms with E-state index >= 15 is 0 Å². The first kappa shape index (κ1) is 18.0. The standard InChI is InChI=1S/C11H17N2O9P/c1-4(22-23(18,19)20)8-6(14)7(15)9(21-8)5-3-12-11(17)13(2)10(5)16/h3-4,6-9,14-15H,1-2H3,(H,12,17)(H2,18,19,20)/t4?,6-,7+,8+,9-/m0/s1. The summed E-state index contributed by atoms with van der Waals surface area (Å²) in [6, 6.07) is 0. The van der Waals surface area contributed by atoms with Crippen molar-refractivity contribution in [3.8, 4) is 0 Å². The largest absolute Gasteiger partial charge is 0.469 e. The molecule has 1 saturated heterocycles. The molecule has 0 aliphatic carbocycles. The first-order valence-electron chi connectivity index (χ1n) is 6.57. The first-order valence-corrected chi connectivity index (χ1v) is 8.10. The molecule has 12 heteroatoms. The molecule has 0 spiro atoms. The molecule has 0 radical (unpaired) electrons. The molecule has 0 saturated carbocycles. The number of phosphoric ester groups is 1. The van der Waals surface area contributed by atoms with Crippen LogP contribution in [0, 0.1) is 0 Å². The number of aliphatic hydroxyl groups is 2. The Bertz CT molecular complexity index is 738. The quantitative estimate of drug-likeness (QED) is 0.375. The van der Waals surface area contributed by atoms with E-state index in [0.29, 0.717) is 0 Å². The van der Waals surface area contributed by atoms with Crippen molar-refractivity contribution >= 4 is 7.82 Å². The molecule has 1 aliphatic rings. The Labute approximate surface area is 129 Å². The number of hydrogen-bond acceptors (Lipinski definition) is 7. The molecular weight excluding hydrogens is 335 g/mol. The highest BCUT2D eigenvalue weighted by molar-refractivity contribution is 7.46. The normalized spacial score (nSPS) is 29.7. The Balaban J connectivity index is 2.30. The van der Waals surface area contributed by atoms with Gasteiger partial charge in [-0.05, 0) is 6.92 Å². The van der Waals surface area contributed by atoms with Crippen LogP contribution in [0.2, 0.25) is 0 Å². The molecule has 11 nitrogen and oxygen atoms in total. The summed E-state index contributed by atoms with van der Waals surface area (Å²) in [7, 11) is -3.60. The van der Waals surface area contributed by atoms with Gasteiger partial charge in [-0.15, -0.1) is 0 Å². The highest BCUT2D eigenvalue weighted by Crippen LogP contribution is 2.41. The number of aromatic nitrogens is 2. The van der Waals surface area contributed by atoms with E-state index in [9.17, 15) is 24.4 Å². The van der Waals surface area contributed by atoms with Crippen molar-refractivity contribution in [1.82, 2.24) is 9.55 Å². The Morgan fingerprint density at radius 1 is 1.35 bits per heavy atom. The van der Waals surface area contributed by atoms with Gasteiger partial charge in [0.1, 0.15) is 24.4 Å². The predicted octanol–water partition coefficient (Wildman–Crippen LogP) is -2.27. The van der Waals surface area contributed by atoms with Crippen molar-refractivity contribution in [2.24, 2.45) is 7.05 Å². The van der Waals surface area contributed by atoms with E-state index in [-0.39, 0.29) is 5.56 Å². The Morgan fingerprint density at radius 3 is 2.52 bits per heavy atom. The van der Waals surface area contributed by atoms with E-state index in [1.165, 1.54) is 14.0 Å². The maximum absolute atomic E-state index is 12.0. The lowest BCUT2D eigenvalue weighted by molar-refractivity contribution is -0.0572. The summed E-state index contributed by atoms with van der Waals surface area (Å²) in [6.07, 6.45) is -5.84. The second-order valence-corrected chi connectivity index (χ2v) is 6.41. The molecule has 1 aliphatic heterocycles. The Hall–Kier alpha value is -1.33. The van der Waals surface area contributed by atoms with E-state index in [2.05, 4.69) is 9.51 Å². The van der Waals surface area contributed by atoms with Crippen LogP contribution in [-0.4, -0.2) is 54.0 Å². The fourth-order valence-corrected chi connectivity index (χ4v) is 2.97. The zero-order valence-electron chi connectivity index (χ0n) is 12.2. The van der Waals surface area contributed by atoms with Crippen LogP contribution in [0.1, 0.15) is 18.6 Å². The van der Waals surface area contributed by atoms with Crippen molar-refractivity contribution in [2.45, 2.75) is 37.4 Å². The van der Waals surface area contributed by atoms with E-state index < -0.39 is 49.6 Å². The number of ether oxygens (including phenoxy) is 1. The third-order valence-electron chi connectivity index (χ3n) is 3.58. The average molecular weight is 352 g/mol. The lowest BCUT2D eigenvalue weighted by Gasteiger charge is -2.22. The minimum absolute atomic E-state index is 0.107. The van der Waals surface area contributed by atoms with Crippen molar-refractivity contribution in [1.29, 1.82) is 0 Å². The van der Waals surface area contributed by atoms with Crippen molar-refractivity contribution in [2.75, 3.05) is 0 Å². The lowest BCUT2D eigenvalue weighted by atomic mass is 10.0. The predicted molar refractivity (Wildman–Crippen MR) is 74.5 cm³/mol. The molecule has 2 rings (SSSR count). The molecule has 0 amide bonds. The number of H-pyrrole nitrogens is 1. The number of nitrogens with one attached hydrogen (secondary N) is 1. The average Bonchev–Trinajstić information content (AvgIpc) is 2.72. The molecule has 0 bridgehead atoms. The fraction of sp³-hybridized carbons (Fsp3) is 0.636. The van der Waals surface area contributed by atoms with Crippen LogP contribution in [0.4, 0.5) is 0 Å². The molecule has 1 fully saturated rings. The van der Waals surface area contributed by atoms with Crippen molar-refractivity contribution < 1.29 is 33.8 Å². The number of hydrogen-bond donors (Lipinski definition) is 5. The minimum atomic E-state index is -4.82. The van der Waals surface area contributed by atoms with Gasteiger partial charge in [0.2, 0.25) is 0 Å². The first-order chi connectivity index (χ1) is 10.5. The SMILES string of the molecule is CC(OP(=O)(O)O)[C@H]1O[C@@H](c2c[nH]c(=O)n(C)c2=O)[C@H](O)[C@@H]1O. The van der Waals surface area contributed by atoms with E-state index in [1.54, 1.807) is 0 Å². The van der Waals surface area contributed by atoms with E-state index in [1.807, 2.05) is 0 Å². The molecule has 1 aromatic heterocycles. The lowest BCUT2D eigenvalue weighted by Crippen LogP contribution is -2.39. The third-order valence-corrected chi connectivity index (χ3v) is 4.19. The third kappa shape index (κ3) is 3.61. The summed E-state index contributed by atoms with van der Waals surface area (Å²) in [5, 5.41) is 20.0. The van der Waals surface area contributed by atoms with Gasteiger partial charge in [0, 0.05) is 13.2 Å². The molecule has 0 aromatic carbocycles. The zero-order chi connectivity index (χ0) is 17.5. The summed E-state index contributed by atoms with van der Waals surface area (Å²) < 4.78 is 21.4. The summed E-state index contributed by atoms with van der Waals surface area (Å²) in [6.45, 7) is 1.24. The van der Waals surface area contributed by atoms with Crippen LogP contribution in [0.3, 0.4) is 0 Å². The highest BCUT2D eigenvalue weighted by Gasteiger charge is 2.48. The Morgan fingerprint density at radius 2 is 1.96 bits per heavy atom. The van der Waals surface area contributed by atoms with Crippen LogP contribution in [0.5, 0.6) is 0 Å². The molecule has 1 aromatic rings. The number of phosphoric acid groups is 1. The Kier molecular flexibility index (Phi) is 4.92. The van der Waals surface area contributed by atoms with Gasteiger partial charge in [-0.25, -0.2) is 9.36 Å².